The summed E-state index contributed by atoms with van der Waals surface area (Å²) in [5.41, 5.74) is 1.79. The van der Waals surface area contributed by atoms with Crippen LogP contribution >= 0.6 is 0 Å². The fourth-order valence-electron chi connectivity index (χ4n) is 2.37. The minimum atomic E-state index is -0.217. The number of rotatable bonds is 4. The lowest BCUT2D eigenvalue weighted by molar-refractivity contribution is -0.111. The first kappa shape index (κ1) is 14.1. The maximum absolute atomic E-state index is 12.0. The summed E-state index contributed by atoms with van der Waals surface area (Å²) in [6.45, 7) is 2.03. The van der Waals surface area contributed by atoms with Crippen molar-refractivity contribution in [3.05, 3.63) is 53.9 Å². The number of anilines is 1. The topological polar surface area (TPSA) is 60.1 Å². The highest BCUT2D eigenvalue weighted by molar-refractivity contribution is 6.03. The first-order chi connectivity index (χ1) is 10.7. The zero-order chi connectivity index (χ0) is 15.5. The molecule has 1 N–H and O–H groups in total. The molecule has 5 nitrogen and oxygen atoms in total. The van der Waals surface area contributed by atoms with Crippen molar-refractivity contribution in [2.45, 2.75) is 13.3 Å². The van der Waals surface area contributed by atoms with Crippen LogP contribution in [0, 0.1) is 0 Å². The predicted molar refractivity (Wildman–Crippen MR) is 86.5 cm³/mol. The Labute approximate surface area is 128 Å². The van der Waals surface area contributed by atoms with E-state index < -0.39 is 0 Å². The highest BCUT2D eigenvalue weighted by Crippen LogP contribution is 2.27. The Morgan fingerprint density at radius 1 is 1.36 bits per heavy atom. The molecule has 0 unspecified atom stereocenters. The van der Waals surface area contributed by atoms with Gasteiger partial charge in [0.2, 0.25) is 5.91 Å². The molecule has 1 aromatic carbocycles. The van der Waals surface area contributed by atoms with Crippen molar-refractivity contribution in [1.82, 2.24) is 9.78 Å². The normalized spacial score (nSPS) is 11.4. The predicted octanol–water partition coefficient (Wildman–Crippen LogP) is 3.38. The van der Waals surface area contributed by atoms with Gasteiger partial charge >= 0.3 is 0 Å². The Kier molecular flexibility index (Phi) is 3.78. The average Bonchev–Trinajstić information content (AvgIpc) is 3.08. The molecule has 0 saturated carbocycles. The minimum absolute atomic E-state index is 0.217. The van der Waals surface area contributed by atoms with E-state index in [1.807, 2.05) is 31.2 Å². The molecule has 0 saturated heterocycles. The molecule has 0 radical (unpaired) electrons. The van der Waals surface area contributed by atoms with Crippen LogP contribution in [-0.4, -0.2) is 15.7 Å². The Hall–Kier alpha value is -2.82. The molecule has 0 bridgehead atoms. The number of para-hydroxylation sites is 1. The molecule has 0 fully saturated rings. The number of furan rings is 1. The Morgan fingerprint density at radius 3 is 2.91 bits per heavy atom. The summed E-state index contributed by atoms with van der Waals surface area (Å²) >= 11 is 0. The van der Waals surface area contributed by atoms with E-state index in [4.69, 9.17) is 4.42 Å². The number of nitrogens with one attached hydrogen (secondary N) is 1. The van der Waals surface area contributed by atoms with Gasteiger partial charge in [0, 0.05) is 42.8 Å². The van der Waals surface area contributed by atoms with E-state index >= 15 is 0 Å². The molecular formula is C17H17N3O2. The van der Waals surface area contributed by atoms with Crippen molar-refractivity contribution in [3.63, 3.8) is 0 Å². The highest BCUT2D eigenvalue weighted by atomic mass is 16.3. The molecular weight excluding hydrogens is 278 g/mol. The van der Waals surface area contributed by atoms with Crippen molar-refractivity contribution in [3.8, 4) is 0 Å². The first-order valence-electron chi connectivity index (χ1n) is 7.16. The number of amides is 1. The molecule has 0 aliphatic heterocycles. The second-order valence-electron chi connectivity index (χ2n) is 4.99. The van der Waals surface area contributed by atoms with Gasteiger partial charge in [0.05, 0.1) is 0 Å². The van der Waals surface area contributed by atoms with E-state index in [2.05, 4.69) is 10.4 Å². The number of fused-ring (bicyclic) bond motifs is 1. The summed E-state index contributed by atoms with van der Waals surface area (Å²) < 4.78 is 7.44. The SMILES string of the molecule is CCc1oc2ccccc2c1C=CC(=O)Nc1ccn(C)n1. The molecule has 1 amide bonds. The number of hydrogen-bond acceptors (Lipinski definition) is 3. The van der Waals surface area contributed by atoms with E-state index in [-0.39, 0.29) is 5.91 Å². The number of nitrogens with zero attached hydrogens (tertiary/aromatic N) is 2. The van der Waals surface area contributed by atoms with Crippen LogP contribution in [0.2, 0.25) is 0 Å². The second-order valence-corrected chi connectivity index (χ2v) is 4.99. The van der Waals surface area contributed by atoms with Gasteiger partial charge in [-0.05, 0) is 12.1 Å². The van der Waals surface area contributed by atoms with Gasteiger partial charge in [-0.2, -0.15) is 5.10 Å². The molecule has 2 heterocycles. The molecule has 0 atom stereocenters. The van der Waals surface area contributed by atoms with E-state index in [9.17, 15) is 4.79 Å². The summed E-state index contributed by atoms with van der Waals surface area (Å²) in [6.07, 6.45) is 5.85. The molecule has 22 heavy (non-hydrogen) atoms. The van der Waals surface area contributed by atoms with Gasteiger partial charge in [-0.3, -0.25) is 9.48 Å². The number of carbonyl (C=O) groups excluding carboxylic acids is 1. The number of hydrogen-bond donors (Lipinski definition) is 1. The minimum Gasteiger partial charge on any atom is -0.460 e. The van der Waals surface area contributed by atoms with Crippen LogP contribution in [-0.2, 0) is 18.3 Å². The Morgan fingerprint density at radius 2 is 2.18 bits per heavy atom. The van der Waals surface area contributed by atoms with Crippen molar-refractivity contribution < 1.29 is 9.21 Å². The average molecular weight is 295 g/mol. The van der Waals surface area contributed by atoms with Crippen LogP contribution in [0.25, 0.3) is 17.0 Å². The van der Waals surface area contributed by atoms with Gasteiger partial charge in [0.25, 0.3) is 0 Å². The van der Waals surface area contributed by atoms with Crippen molar-refractivity contribution in [2.24, 2.45) is 7.05 Å². The van der Waals surface area contributed by atoms with Crippen molar-refractivity contribution in [2.75, 3.05) is 5.32 Å². The zero-order valence-electron chi connectivity index (χ0n) is 12.5. The number of benzene rings is 1. The summed E-state index contributed by atoms with van der Waals surface area (Å²) in [7, 11) is 1.80. The van der Waals surface area contributed by atoms with E-state index in [0.717, 1.165) is 28.7 Å². The number of aromatic nitrogens is 2. The van der Waals surface area contributed by atoms with E-state index in [1.165, 1.54) is 6.08 Å². The number of carbonyl (C=O) groups is 1. The third-order valence-corrected chi connectivity index (χ3v) is 3.40. The Balaban J connectivity index is 1.84. The van der Waals surface area contributed by atoms with Gasteiger partial charge in [-0.25, -0.2) is 0 Å². The van der Waals surface area contributed by atoms with Crippen molar-refractivity contribution in [1.29, 1.82) is 0 Å². The van der Waals surface area contributed by atoms with Gasteiger partial charge in [-0.1, -0.05) is 25.1 Å². The smallest absolute Gasteiger partial charge is 0.249 e. The van der Waals surface area contributed by atoms with Gasteiger partial charge < -0.3 is 9.73 Å². The van der Waals surface area contributed by atoms with Gasteiger partial charge in [0.15, 0.2) is 5.82 Å². The lowest BCUT2D eigenvalue weighted by atomic mass is 10.1. The molecule has 112 valence electrons. The van der Waals surface area contributed by atoms with Crippen LogP contribution in [0.4, 0.5) is 5.82 Å². The fraction of sp³-hybridized carbons (Fsp3) is 0.176. The summed E-state index contributed by atoms with van der Waals surface area (Å²) in [5.74, 6) is 1.19. The monoisotopic (exact) mass is 295 g/mol. The van der Waals surface area contributed by atoms with Crippen LogP contribution < -0.4 is 5.32 Å². The van der Waals surface area contributed by atoms with E-state index in [1.54, 1.807) is 30.1 Å². The lowest BCUT2D eigenvalue weighted by Gasteiger charge is -1.97. The molecule has 0 spiro atoms. The fourth-order valence-corrected chi connectivity index (χ4v) is 2.37. The summed E-state index contributed by atoms with van der Waals surface area (Å²) in [4.78, 5) is 12.0. The lowest BCUT2D eigenvalue weighted by Crippen LogP contribution is -2.08. The molecule has 3 rings (SSSR count). The van der Waals surface area contributed by atoms with Crippen LogP contribution in [0.5, 0.6) is 0 Å². The highest BCUT2D eigenvalue weighted by Gasteiger charge is 2.10. The Bertz CT molecular complexity index is 843. The standard InChI is InChI=1S/C17H17N3O2/c1-3-14-13(12-6-4-5-7-15(12)22-14)8-9-17(21)18-16-10-11-20(2)19-16/h4-11H,3H2,1-2H3,(H,18,19,21). The van der Waals surface area contributed by atoms with Crippen molar-refractivity contribution >= 4 is 28.8 Å². The molecule has 0 aliphatic carbocycles. The summed E-state index contributed by atoms with van der Waals surface area (Å²) in [6, 6.07) is 9.57. The number of aryl methyl sites for hydroxylation is 2. The van der Waals surface area contributed by atoms with Crippen LogP contribution in [0.1, 0.15) is 18.2 Å². The third-order valence-electron chi connectivity index (χ3n) is 3.40. The maximum atomic E-state index is 12.0. The van der Waals surface area contributed by atoms with E-state index in [0.29, 0.717) is 5.82 Å². The van der Waals surface area contributed by atoms with Gasteiger partial charge in [-0.15, -0.1) is 0 Å². The largest absolute Gasteiger partial charge is 0.460 e. The summed E-state index contributed by atoms with van der Waals surface area (Å²) in [5, 5.41) is 7.85. The first-order valence-corrected chi connectivity index (χ1v) is 7.16. The zero-order valence-corrected chi connectivity index (χ0v) is 12.5. The molecule has 3 aromatic rings. The molecule has 5 heteroatoms. The third kappa shape index (κ3) is 2.79. The molecule has 2 aromatic heterocycles. The molecule has 0 aliphatic rings. The quantitative estimate of drug-likeness (QED) is 0.751. The van der Waals surface area contributed by atoms with Crippen LogP contribution in [0.3, 0.4) is 0 Å². The second kappa shape index (κ2) is 5.89. The van der Waals surface area contributed by atoms with Gasteiger partial charge in [0.1, 0.15) is 11.3 Å². The van der Waals surface area contributed by atoms with Crippen LogP contribution in [0.15, 0.2) is 47.0 Å². The maximum Gasteiger partial charge on any atom is 0.249 e.